The zero-order chi connectivity index (χ0) is 19.0. The molecular weight excluding hydrogens is 344 g/mol. The second-order valence-corrected chi connectivity index (χ2v) is 6.86. The SMILES string of the molecule is COc1ccc2[nH]c(=O)c(CNC(=O)c3c4c(nn3C)CCCC4)cc2c1. The fraction of sp³-hybridized carbons (Fsp3) is 0.350. The van der Waals surface area contributed by atoms with Gasteiger partial charge in [0, 0.05) is 35.6 Å². The monoisotopic (exact) mass is 366 g/mol. The van der Waals surface area contributed by atoms with Gasteiger partial charge < -0.3 is 15.0 Å². The molecule has 0 fully saturated rings. The lowest BCUT2D eigenvalue weighted by molar-refractivity contribution is 0.0940. The molecule has 0 unspecified atom stereocenters. The van der Waals surface area contributed by atoms with E-state index in [-0.39, 0.29) is 18.0 Å². The minimum absolute atomic E-state index is 0.154. The van der Waals surface area contributed by atoms with Crippen LogP contribution in [0, 0.1) is 0 Å². The molecule has 7 nitrogen and oxygen atoms in total. The van der Waals surface area contributed by atoms with Crippen molar-refractivity contribution in [3.8, 4) is 5.75 Å². The quantitative estimate of drug-likeness (QED) is 0.740. The first-order chi connectivity index (χ1) is 13.1. The number of nitrogens with zero attached hydrogens (tertiary/aromatic N) is 2. The molecule has 1 aliphatic rings. The number of fused-ring (bicyclic) bond motifs is 2. The largest absolute Gasteiger partial charge is 0.497 e. The van der Waals surface area contributed by atoms with Crippen LogP contribution in [0.15, 0.2) is 29.1 Å². The molecule has 4 rings (SSSR count). The van der Waals surface area contributed by atoms with E-state index in [1.54, 1.807) is 37.0 Å². The molecular formula is C20H22N4O3. The highest BCUT2D eigenvalue weighted by molar-refractivity contribution is 5.94. The Morgan fingerprint density at radius 2 is 2.11 bits per heavy atom. The lowest BCUT2D eigenvalue weighted by Crippen LogP contribution is -2.29. The van der Waals surface area contributed by atoms with Crippen molar-refractivity contribution in [3.63, 3.8) is 0 Å². The maximum absolute atomic E-state index is 12.7. The van der Waals surface area contributed by atoms with Gasteiger partial charge in [-0.25, -0.2) is 0 Å². The number of nitrogens with one attached hydrogen (secondary N) is 2. The molecule has 0 spiro atoms. The fourth-order valence-electron chi connectivity index (χ4n) is 3.71. The summed E-state index contributed by atoms with van der Waals surface area (Å²) >= 11 is 0. The number of ether oxygens (including phenoxy) is 1. The number of aryl methyl sites for hydroxylation is 2. The van der Waals surface area contributed by atoms with E-state index < -0.39 is 0 Å². The summed E-state index contributed by atoms with van der Waals surface area (Å²) < 4.78 is 6.89. The van der Waals surface area contributed by atoms with Gasteiger partial charge in [0.2, 0.25) is 0 Å². The Bertz CT molecular complexity index is 1080. The highest BCUT2D eigenvalue weighted by Crippen LogP contribution is 2.23. The van der Waals surface area contributed by atoms with E-state index in [0.29, 0.717) is 17.0 Å². The molecule has 0 atom stereocenters. The highest BCUT2D eigenvalue weighted by Gasteiger charge is 2.23. The number of hydrogen-bond acceptors (Lipinski definition) is 4. The molecule has 2 aromatic heterocycles. The van der Waals surface area contributed by atoms with Crippen LogP contribution in [0.25, 0.3) is 10.9 Å². The maximum Gasteiger partial charge on any atom is 0.270 e. The summed E-state index contributed by atoms with van der Waals surface area (Å²) in [6.07, 6.45) is 3.98. The van der Waals surface area contributed by atoms with E-state index in [0.717, 1.165) is 47.8 Å². The molecule has 1 amide bonds. The Balaban J connectivity index is 1.58. The van der Waals surface area contributed by atoms with E-state index in [1.165, 1.54) is 0 Å². The number of aromatic amines is 1. The Morgan fingerprint density at radius 1 is 1.30 bits per heavy atom. The summed E-state index contributed by atoms with van der Waals surface area (Å²) in [5, 5.41) is 8.21. The number of rotatable bonds is 4. The second kappa shape index (κ2) is 6.90. The van der Waals surface area contributed by atoms with Gasteiger partial charge in [0.1, 0.15) is 11.4 Å². The van der Waals surface area contributed by atoms with Crippen molar-refractivity contribution in [1.82, 2.24) is 20.1 Å². The van der Waals surface area contributed by atoms with Crippen LogP contribution in [0.5, 0.6) is 5.75 Å². The summed E-state index contributed by atoms with van der Waals surface area (Å²) in [5.74, 6) is 0.518. The minimum atomic E-state index is -0.208. The Hall–Kier alpha value is -3.09. The van der Waals surface area contributed by atoms with Crippen LogP contribution < -0.4 is 15.6 Å². The van der Waals surface area contributed by atoms with E-state index in [2.05, 4.69) is 15.4 Å². The summed E-state index contributed by atoms with van der Waals surface area (Å²) in [7, 11) is 3.39. The van der Waals surface area contributed by atoms with Gasteiger partial charge >= 0.3 is 0 Å². The number of benzene rings is 1. The smallest absolute Gasteiger partial charge is 0.270 e. The van der Waals surface area contributed by atoms with Crippen LogP contribution in [-0.4, -0.2) is 27.8 Å². The van der Waals surface area contributed by atoms with E-state index >= 15 is 0 Å². The van der Waals surface area contributed by atoms with Crippen molar-refractivity contribution in [2.75, 3.05) is 7.11 Å². The standard InChI is InChI=1S/C20H22N4O3/c1-24-18(15-5-3-4-6-17(15)23-24)20(26)21-11-13-9-12-10-14(27-2)7-8-16(12)22-19(13)25/h7-10H,3-6,11H2,1-2H3,(H,21,26)(H,22,25). The molecule has 1 aromatic carbocycles. The third kappa shape index (κ3) is 3.20. The first kappa shape index (κ1) is 17.3. The predicted octanol–water partition coefficient (Wildman–Crippen LogP) is 2.08. The number of pyridine rings is 1. The van der Waals surface area contributed by atoms with E-state index in [9.17, 15) is 9.59 Å². The zero-order valence-electron chi connectivity index (χ0n) is 15.5. The molecule has 2 heterocycles. The lowest BCUT2D eigenvalue weighted by Gasteiger charge is -2.11. The van der Waals surface area contributed by atoms with Crippen molar-refractivity contribution in [2.45, 2.75) is 32.2 Å². The molecule has 0 aliphatic heterocycles. The van der Waals surface area contributed by atoms with Crippen LogP contribution in [0.4, 0.5) is 0 Å². The number of methoxy groups -OCH3 is 1. The molecule has 2 N–H and O–H groups in total. The maximum atomic E-state index is 12.7. The summed E-state index contributed by atoms with van der Waals surface area (Å²) in [6, 6.07) is 7.24. The average molecular weight is 366 g/mol. The number of carbonyl (C=O) groups excluding carboxylic acids is 1. The number of carbonyl (C=O) groups is 1. The first-order valence-corrected chi connectivity index (χ1v) is 9.09. The molecule has 3 aromatic rings. The fourth-order valence-corrected chi connectivity index (χ4v) is 3.71. The van der Waals surface area contributed by atoms with Crippen molar-refractivity contribution in [2.24, 2.45) is 7.05 Å². The molecule has 0 saturated carbocycles. The Kier molecular flexibility index (Phi) is 4.43. The topological polar surface area (TPSA) is 89.0 Å². The highest BCUT2D eigenvalue weighted by atomic mass is 16.5. The Morgan fingerprint density at radius 3 is 2.93 bits per heavy atom. The van der Waals surface area contributed by atoms with Gasteiger partial charge in [-0.3, -0.25) is 14.3 Å². The van der Waals surface area contributed by atoms with Gasteiger partial charge in [-0.1, -0.05) is 0 Å². The number of aromatic nitrogens is 3. The van der Waals surface area contributed by atoms with Gasteiger partial charge in [-0.05, 0) is 49.9 Å². The van der Waals surface area contributed by atoms with Crippen molar-refractivity contribution >= 4 is 16.8 Å². The van der Waals surface area contributed by atoms with Crippen LogP contribution in [-0.2, 0) is 26.4 Å². The summed E-state index contributed by atoms with van der Waals surface area (Å²) in [6.45, 7) is 0.154. The van der Waals surface area contributed by atoms with Crippen molar-refractivity contribution in [1.29, 1.82) is 0 Å². The van der Waals surface area contributed by atoms with Gasteiger partial charge in [-0.2, -0.15) is 5.10 Å². The second-order valence-electron chi connectivity index (χ2n) is 6.86. The lowest BCUT2D eigenvalue weighted by atomic mass is 9.95. The van der Waals surface area contributed by atoms with E-state index in [4.69, 9.17) is 4.74 Å². The number of amides is 1. The molecule has 140 valence electrons. The number of H-pyrrole nitrogens is 1. The van der Waals surface area contributed by atoms with Gasteiger partial charge in [0.15, 0.2) is 0 Å². The molecule has 0 saturated heterocycles. The number of hydrogen-bond donors (Lipinski definition) is 2. The normalized spacial score (nSPS) is 13.4. The third-order valence-electron chi connectivity index (χ3n) is 5.10. The van der Waals surface area contributed by atoms with Gasteiger partial charge in [-0.15, -0.1) is 0 Å². The molecule has 7 heteroatoms. The van der Waals surface area contributed by atoms with Crippen LogP contribution in [0.3, 0.4) is 0 Å². The van der Waals surface area contributed by atoms with Gasteiger partial charge in [0.25, 0.3) is 11.5 Å². The zero-order valence-corrected chi connectivity index (χ0v) is 15.5. The van der Waals surface area contributed by atoms with Crippen molar-refractivity contribution in [3.05, 3.63) is 57.1 Å². The average Bonchev–Trinajstić information content (AvgIpc) is 3.01. The first-order valence-electron chi connectivity index (χ1n) is 9.09. The van der Waals surface area contributed by atoms with E-state index in [1.807, 2.05) is 6.07 Å². The summed E-state index contributed by atoms with van der Waals surface area (Å²) in [5.41, 5.74) is 3.68. The van der Waals surface area contributed by atoms with Crippen molar-refractivity contribution < 1.29 is 9.53 Å². The predicted molar refractivity (Wildman–Crippen MR) is 102 cm³/mol. The van der Waals surface area contributed by atoms with Gasteiger partial charge in [0.05, 0.1) is 12.8 Å². The third-order valence-corrected chi connectivity index (χ3v) is 5.10. The summed E-state index contributed by atoms with van der Waals surface area (Å²) in [4.78, 5) is 27.9. The van der Waals surface area contributed by atoms with Crippen LogP contribution >= 0.6 is 0 Å². The minimum Gasteiger partial charge on any atom is -0.497 e. The van der Waals surface area contributed by atoms with Crippen LogP contribution in [0.2, 0.25) is 0 Å². The molecule has 0 radical (unpaired) electrons. The Labute approximate surface area is 156 Å². The molecule has 0 bridgehead atoms. The molecule has 1 aliphatic carbocycles. The van der Waals surface area contributed by atoms with Crippen LogP contribution in [0.1, 0.15) is 40.2 Å². The molecule has 27 heavy (non-hydrogen) atoms.